The van der Waals surface area contributed by atoms with E-state index in [0.717, 1.165) is 5.56 Å². The van der Waals surface area contributed by atoms with Crippen LogP contribution in [0, 0.1) is 11.7 Å². The van der Waals surface area contributed by atoms with Gasteiger partial charge in [0.15, 0.2) is 0 Å². The standard InChI is InChI=1S/C14H14FNO2/c1-9(2)14(17)16-12-8-10(5-6-11(12)15)13-4-3-7-18-13/h3-9H,1-2H3,(H,16,17). The van der Waals surface area contributed by atoms with Gasteiger partial charge in [-0.2, -0.15) is 0 Å². The van der Waals surface area contributed by atoms with Gasteiger partial charge >= 0.3 is 0 Å². The van der Waals surface area contributed by atoms with Crippen molar-refractivity contribution in [1.82, 2.24) is 0 Å². The van der Waals surface area contributed by atoms with Crippen molar-refractivity contribution in [3.63, 3.8) is 0 Å². The van der Waals surface area contributed by atoms with Gasteiger partial charge in [-0.3, -0.25) is 4.79 Å². The molecule has 4 heteroatoms. The molecule has 0 saturated carbocycles. The Morgan fingerprint density at radius 1 is 1.33 bits per heavy atom. The van der Waals surface area contributed by atoms with Gasteiger partial charge in [-0.15, -0.1) is 0 Å². The Kier molecular flexibility index (Phi) is 3.46. The molecule has 0 aliphatic heterocycles. The van der Waals surface area contributed by atoms with Crippen LogP contribution in [0.1, 0.15) is 13.8 Å². The molecular formula is C14H14FNO2. The molecule has 1 aromatic carbocycles. The van der Waals surface area contributed by atoms with Crippen molar-refractivity contribution >= 4 is 11.6 Å². The Bertz CT molecular complexity index is 547. The molecular weight excluding hydrogens is 233 g/mol. The van der Waals surface area contributed by atoms with Crippen molar-refractivity contribution in [3.8, 4) is 11.3 Å². The Hall–Kier alpha value is -2.10. The topological polar surface area (TPSA) is 42.2 Å². The Morgan fingerprint density at radius 3 is 2.72 bits per heavy atom. The van der Waals surface area contributed by atoms with Crippen molar-refractivity contribution < 1.29 is 13.6 Å². The van der Waals surface area contributed by atoms with E-state index in [4.69, 9.17) is 4.42 Å². The molecule has 0 aliphatic rings. The zero-order valence-corrected chi connectivity index (χ0v) is 10.2. The molecule has 0 fully saturated rings. The number of anilines is 1. The molecule has 1 heterocycles. The van der Waals surface area contributed by atoms with Crippen LogP contribution in [0.2, 0.25) is 0 Å². The molecule has 0 unspecified atom stereocenters. The minimum absolute atomic E-state index is 0.169. The molecule has 2 rings (SSSR count). The van der Waals surface area contributed by atoms with Crippen LogP contribution in [0.25, 0.3) is 11.3 Å². The van der Waals surface area contributed by atoms with Crippen molar-refractivity contribution in [2.24, 2.45) is 5.92 Å². The minimum Gasteiger partial charge on any atom is -0.464 e. The predicted octanol–water partition coefficient (Wildman–Crippen LogP) is 3.68. The number of hydrogen-bond acceptors (Lipinski definition) is 2. The molecule has 0 spiro atoms. The predicted molar refractivity (Wildman–Crippen MR) is 67.6 cm³/mol. The molecule has 0 radical (unpaired) electrons. The fourth-order valence-electron chi connectivity index (χ4n) is 1.49. The Morgan fingerprint density at radius 2 is 2.11 bits per heavy atom. The first-order valence-corrected chi connectivity index (χ1v) is 5.72. The summed E-state index contributed by atoms with van der Waals surface area (Å²) in [6.45, 7) is 3.51. The second-order valence-corrected chi connectivity index (χ2v) is 4.32. The van der Waals surface area contributed by atoms with E-state index < -0.39 is 5.82 Å². The molecule has 0 bridgehead atoms. The number of rotatable bonds is 3. The third-order valence-electron chi connectivity index (χ3n) is 2.55. The summed E-state index contributed by atoms with van der Waals surface area (Å²) in [4.78, 5) is 11.6. The fraction of sp³-hybridized carbons (Fsp3) is 0.214. The summed E-state index contributed by atoms with van der Waals surface area (Å²) in [7, 11) is 0. The molecule has 94 valence electrons. The lowest BCUT2D eigenvalue weighted by atomic mass is 10.1. The number of hydrogen-bond donors (Lipinski definition) is 1. The molecule has 3 nitrogen and oxygen atoms in total. The van der Waals surface area contributed by atoms with Crippen molar-refractivity contribution in [2.75, 3.05) is 5.32 Å². The summed E-state index contributed by atoms with van der Waals surface area (Å²) in [6, 6.07) is 8.02. The lowest BCUT2D eigenvalue weighted by molar-refractivity contribution is -0.118. The molecule has 2 aromatic rings. The summed E-state index contributed by atoms with van der Waals surface area (Å²) in [6.07, 6.45) is 1.55. The van der Waals surface area contributed by atoms with E-state index in [0.29, 0.717) is 5.76 Å². The molecule has 1 N–H and O–H groups in total. The van der Waals surface area contributed by atoms with E-state index in [1.807, 2.05) is 0 Å². The first kappa shape index (κ1) is 12.4. The van der Waals surface area contributed by atoms with Crippen LogP contribution in [0.15, 0.2) is 41.0 Å². The maximum absolute atomic E-state index is 13.6. The van der Waals surface area contributed by atoms with E-state index >= 15 is 0 Å². The van der Waals surface area contributed by atoms with Crippen molar-refractivity contribution in [3.05, 3.63) is 42.4 Å². The fourth-order valence-corrected chi connectivity index (χ4v) is 1.49. The van der Waals surface area contributed by atoms with Crippen LogP contribution >= 0.6 is 0 Å². The highest BCUT2D eigenvalue weighted by Crippen LogP contribution is 2.25. The average molecular weight is 247 g/mol. The number of carbonyl (C=O) groups is 1. The maximum Gasteiger partial charge on any atom is 0.227 e. The number of amides is 1. The Labute approximate surface area is 105 Å². The quantitative estimate of drug-likeness (QED) is 0.898. The summed E-state index contributed by atoms with van der Waals surface area (Å²) in [5, 5.41) is 2.56. The summed E-state index contributed by atoms with van der Waals surface area (Å²) < 4.78 is 18.8. The molecule has 0 saturated heterocycles. The third-order valence-corrected chi connectivity index (χ3v) is 2.55. The van der Waals surface area contributed by atoms with Gasteiger partial charge in [-0.25, -0.2) is 4.39 Å². The number of halogens is 1. The van der Waals surface area contributed by atoms with Crippen LogP contribution in [0.3, 0.4) is 0 Å². The normalized spacial score (nSPS) is 10.7. The van der Waals surface area contributed by atoms with Crippen LogP contribution in [-0.4, -0.2) is 5.91 Å². The second-order valence-electron chi connectivity index (χ2n) is 4.32. The van der Waals surface area contributed by atoms with Crippen molar-refractivity contribution in [1.29, 1.82) is 0 Å². The van der Waals surface area contributed by atoms with Gasteiger partial charge in [0.25, 0.3) is 0 Å². The smallest absolute Gasteiger partial charge is 0.227 e. The minimum atomic E-state index is -0.459. The van der Waals surface area contributed by atoms with Gasteiger partial charge in [-0.05, 0) is 30.3 Å². The van der Waals surface area contributed by atoms with E-state index in [2.05, 4.69) is 5.32 Å². The number of furan rings is 1. The molecule has 1 amide bonds. The number of nitrogens with one attached hydrogen (secondary N) is 1. The highest BCUT2D eigenvalue weighted by Gasteiger charge is 2.12. The van der Waals surface area contributed by atoms with Gasteiger partial charge in [0.1, 0.15) is 11.6 Å². The number of benzene rings is 1. The summed E-state index contributed by atoms with van der Waals surface area (Å²) in [5.41, 5.74) is 0.892. The first-order chi connectivity index (χ1) is 8.58. The van der Waals surface area contributed by atoms with Crippen LogP contribution < -0.4 is 5.32 Å². The Balaban J connectivity index is 2.30. The van der Waals surface area contributed by atoms with E-state index in [1.165, 1.54) is 6.07 Å². The summed E-state index contributed by atoms with van der Waals surface area (Å²) >= 11 is 0. The zero-order chi connectivity index (χ0) is 13.1. The SMILES string of the molecule is CC(C)C(=O)Nc1cc(-c2ccco2)ccc1F. The van der Waals surface area contributed by atoms with Gasteiger partial charge in [-0.1, -0.05) is 13.8 Å². The number of carbonyl (C=O) groups excluding carboxylic acids is 1. The molecule has 0 atom stereocenters. The summed E-state index contributed by atoms with van der Waals surface area (Å²) in [5.74, 6) is -0.239. The van der Waals surface area contributed by atoms with E-state index in [-0.39, 0.29) is 17.5 Å². The third kappa shape index (κ3) is 2.59. The van der Waals surface area contributed by atoms with E-state index in [9.17, 15) is 9.18 Å². The lowest BCUT2D eigenvalue weighted by Gasteiger charge is -2.09. The van der Waals surface area contributed by atoms with Gasteiger partial charge in [0, 0.05) is 11.5 Å². The van der Waals surface area contributed by atoms with Crippen LogP contribution in [-0.2, 0) is 4.79 Å². The molecule has 1 aromatic heterocycles. The average Bonchev–Trinajstić information content (AvgIpc) is 2.85. The largest absolute Gasteiger partial charge is 0.464 e. The molecule has 0 aliphatic carbocycles. The molecule has 18 heavy (non-hydrogen) atoms. The van der Waals surface area contributed by atoms with Crippen molar-refractivity contribution in [2.45, 2.75) is 13.8 Å². The monoisotopic (exact) mass is 247 g/mol. The van der Waals surface area contributed by atoms with Crippen LogP contribution in [0.5, 0.6) is 0 Å². The van der Waals surface area contributed by atoms with Gasteiger partial charge in [0.2, 0.25) is 5.91 Å². The lowest BCUT2D eigenvalue weighted by Crippen LogP contribution is -2.18. The highest BCUT2D eigenvalue weighted by molar-refractivity contribution is 5.92. The highest BCUT2D eigenvalue weighted by atomic mass is 19.1. The second kappa shape index (κ2) is 5.04. The zero-order valence-electron chi connectivity index (χ0n) is 10.2. The van der Waals surface area contributed by atoms with Crippen LogP contribution in [0.4, 0.5) is 10.1 Å². The maximum atomic E-state index is 13.6. The van der Waals surface area contributed by atoms with Gasteiger partial charge < -0.3 is 9.73 Å². The van der Waals surface area contributed by atoms with E-state index in [1.54, 1.807) is 44.4 Å². The van der Waals surface area contributed by atoms with Gasteiger partial charge in [0.05, 0.1) is 12.0 Å². The first-order valence-electron chi connectivity index (χ1n) is 5.72.